The molecule has 108 valence electrons. The molecule has 0 aromatic heterocycles. The topological polar surface area (TPSA) is 111 Å². The van der Waals surface area contributed by atoms with Gasteiger partial charge in [0.15, 0.2) is 0 Å². The molecule has 0 atom stereocenters. The average Bonchev–Trinajstić information content (AvgIpc) is 2.28. The van der Waals surface area contributed by atoms with Gasteiger partial charge < -0.3 is 10.1 Å². The largest absolute Gasteiger partial charge is 0.447 e. The molecule has 2 N–H and O–H groups in total. The molecule has 2 amide bonds. The normalized spacial score (nSPS) is 10.0. The van der Waals surface area contributed by atoms with Crippen LogP contribution in [0.25, 0.3) is 0 Å². The summed E-state index contributed by atoms with van der Waals surface area (Å²) in [6.07, 6.45) is -1.01. The highest BCUT2D eigenvalue weighted by Gasteiger charge is 2.16. The Labute approximate surface area is 115 Å². The number of anilines is 2. The molecule has 0 radical (unpaired) electrons. The molecule has 1 aromatic carbocycles. The lowest BCUT2D eigenvalue weighted by Crippen LogP contribution is -2.18. The van der Waals surface area contributed by atoms with Gasteiger partial charge in [-0.1, -0.05) is 0 Å². The van der Waals surface area contributed by atoms with Crippen LogP contribution < -0.4 is 10.6 Å². The van der Waals surface area contributed by atoms with E-state index in [0.29, 0.717) is 0 Å². The van der Waals surface area contributed by atoms with E-state index in [1.54, 1.807) is 13.8 Å². The first kappa shape index (κ1) is 15.4. The van der Waals surface area contributed by atoms with E-state index in [1.165, 1.54) is 19.1 Å². The molecule has 0 aliphatic heterocycles. The Hall–Kier alpha value is -2.64. The van der Waals surface area contributed by atoms with Crippen molar-refractivity contribution >= 4 is 29.1 Å². The number of rotatable bonds is 4. The SMILES string of the molecule is CC(=O)Nc1ccc(NC(=O)OC(C)C)cc1[N+](=O)[O-]. The predicted octanol–water partition coefficient (Wildman–Crippen LogP) is 2.51. The first-order valence-electron chi connectivity index (χ1n) is 5.83. The molecule has 0 aliphatic carbocycles. The van der Waals surface area contributed by atoms with E-state index >= 15 is 0 Å². The lowest BCUT2D eigenvalue weighted by atomic mass is 10.2. The minimum atomic E-state index is -0.707. The molecule has 1 rings (SSSR count). The monoisotopic (exact) mass is 281 g/mol. The summed E-state index contributed by atoms with van der Waals surface area (Å²) in [7, 11) is 0. The molecular formula is C12H15N3O5. The van der Waals surface area contributed by atoms with Gasteiger partial charge in [0.2, 0.25) is 5.91 Å². The van der Waals surface area contributed by atoms with Crippen molar-refractivity contribution in [2.45, 2.75) is 26.9 Å². The number of benzene rings is 1. The van der Waals surface area contributed by atoms with Crippen molar-refractivity contribution in [3.05, 3.63) is 28.3 Å². The van der Waals surface area contributed by atoms with Crippen molar-refractivity contribution in [2.24, 2.45) is 0 Å². The molecule has 20 heavy (non-hydrogen) atoms. The average molecular weight is 281 g/mol. The fraction of sp³-hybridized carbons (Fsp3) is 0.333. The summed E-state index contributed by atoms with van der Waals surface area (Å²) in [6, 6.07) is 3.91. The van der Waals surface area contributed by atoms with Gasteiger partial charge in [-0.05, 0) is 26.0 Å². The van der Waals surface area contributed by atoms with Crippen LogP contribution in [-0.2, 0) is 9.53 Å². The van der Waals surface area contributed by atoms with Gasteiger partial charge in [-0.2, -0.15) is 0 Å². The van der Waals surface area contributed by atoms with E-state index in [2.05, 4.69) is 10.6 Å². The van der Waals surface area contributed by atoms with Crippen LogP contribution in [0, 0.1) is 10.1 Å². The highest BCUT2D eigenvalue weighted by molar-refractivity contribution is 5.93. The highest BCUT2D eigenvalue weighted by Crippen LogP contribution is 2.27. The van der Waals surface area contributed by atoms with Crippen LogP contribution in [0.5, 0.6) is 0 Å². The Bertz CT molecular complexity index is 542. The number of amides is 2. The maximum atomic E-state index is 11.4. The van der Waals surface area contributed by atoms with Crippen LogP contribution in [0.1, 0.15) is 20.8 Å². The minimum absolute atomic E-state index is 0.0604. The summed E-state index contributed by atoms with van der Waals surface area (Å²) in [4.78, 5) is 32.6. The number of nitrogens with one attached hydrogen (secondary N) is 2. The summed E-state index contributed by atoms with van der Waals surface area (Å²) in [5.41, 5.74) is -0.0516. The highest BCUT2D eigenvalue weighted by atomic mass is 16.6. The van der Waals surface area contributed by atoms with E-state index in [4.69, 9.17) is 4.74 Å². The number of nitro groups is 1. The molecule has 0 spiro atoms. The number of carbonyl (C=O) groups is 2. The third-order valence-corrected chi connectivity index (χ3v) is 2.09. The Kier molecular flexibility index (Phi) is 5.01. The lowest BCUT2D eigenvalue weighted by molar-refractivity contribution is -0.383. The molecular weight excluding hydrogens is 266 g/mol. The third-order valence-electron chi connectivity index (χ3n) is 2.09. The van der Waals surface area contributed by atoms with Gasteiger partial charge in [0.1, 0.15) is 5.69 Å². The summed E-state index contributed by atoms with van der Waals surface area (Å²) >= 11 is 0. The van der Waals surface area contributed by atoms with Crippen LogP contribution in [0.15, 0.2) is 18.2 Å². The van der Waals surface area contributed by atoms with E-state index in [1.807, 2.05) is 0 Å². The second-order valence-electron chi connectivity index (χ2n) is 4.25. The van der Waals surface area contributed by atoms with E-state index in [0.717, 1.165) is 6.07 Å². The maximum absolute atomic E-state index is 11.4. The van der Waals surface area contributed by atoms with E-state index in [-0.39, 0.29) is 23.2 Å². The number of nitrogens with zero attached hydrogens (tertiary/aromatic N) is 1. The zero-order chi connectivity index (χ0) is 15.3. The van der Waals surface area contributed by atoms with Crippen LogP contribution in [0.4, 0.5) is 21.9 Å². The standard InChI is InChI=1S/C12H15N3O5/c1-7(2)20-12(17)14-9-4-5-10(13-8(3)16)11(6-9)15(18)19/h4-7H,1-3H3,(H,13,16)(H,14,17). The molecule has 8 nitrogen and oxygen atoms in total. The summed E-state index contributed by atoms with van der Waals surface area (Å²) in [5.74, 6) is -0.423. The van der Waals surface area contributed by atoms with Gasteiger partial charge in [0, 0.05) is 13.0 Å². The molecule has 0 saturated heterocycles. The molecule has 0 bridgehead atoms. The first-order chi connectivity index (χ1) is 9.29. The van der Waals surface area contributed by atoms with Crippen molar-refractivity contribution < 1.29 is 19.2 Å². The van der Waals surface area contributed by atoms with Gasteiger partial charge in [-0.3, -0.25) is 20.2 Å². The Balaban J connectivity index is 2.95. The van der Waals surface area contributed by atoms with Crippen molar-refractivity contribution in [3.8, 4) is 0 Å². The van der Waals surface area contributed by atoms with E-state index in [9.17, 15) is 19.7 Å². The van der Waals surface area contributed by atoms with Gasteiger partial charge >= 0.3 is 6.09 Å². The smallest absolute Gasteiger partial charge is 0.411 e. The molecule has 1 aromatic rings. The molecule has 8 heteroatoms. The van der Waals surface area contributed by atoms with Gasteiger partial charge in [0.05, 0.1) is 16.7 Å². The molecule has 0 saturated carbocycles. The zero-order valence-electron chi connectivity index (χ0n) is 11.3. The quantitative estimate of drug-likeness (QED) is 0.650. The third kappa shape index (κ3) is 4.56. The van der Waals surface area contributed by atoms with Gasteiger partial charge in [-0.25, -0.2) is 4.79 Å². The van der Waals surface area contributed by atoms with Crippen molar-refractivity contribution in [3.63, 3.8) is 0 Å². The fourth-order valence-electron chi connectivity index (χ4n) is 1.42. The molecule has 0 heterocycles. The Morgan fingerprint density at radius 2 is 1.95 bits per heavy atom. The Morgan fingerprint density at radius 3 is 2.45 bits per heavy atom. The fourth-order valence-corrected chi connectivity index (χ4v) is 1.42. The number of hydrogen-bond donors (Lipinski definition) is 2. The number of hydrogen-bond acceptors (Lipinski definition) is 5. The van der Waals surface area contributed by atoms with Crippen molar-refractivity contribution in [1.29, 1.82) is 0 Å². The molecule has 0 fully saturated rings. The summed E-state index contributed by atoms with van der Waals surface area (Å²) in [6.45, 7) is 4.61. The van der Waals surface area contributed by atoms with E-state index < -0.39 is 16.9 Å². The van der Waals surface area contributed by atoms with Crippen LogP contribution >= 0.6 is 0 Å². The van der Waals surface area contributed by atoms with Crippen molar-refractivity contribution in [1.82, 2.24) is 0 Å². The number of ether oxygens (including phenoxy) is 1. The Morgan fingerprint density at radius 1 is 1.30 bits per heavy atom. The van der Waals surface area contributed by atoms with Gasteiger partial charge in [0.25, 0.3) is 5.69 Å². The van der Waals surface area contributed by atoms with Crippen LogP contribution in [-0.4, -0.2) is 23.0 Å². The maximum Gasteiger partial charge on any atom is 0.411 e. The lowest BCUT2D eigenvalue weighted by Gasteiger charge is -2.10. The second-order valence-corrected chi connectivity index (χ2v) is 4.25. The van der Waals surface area contributed by atoms with Crippen molar-refractivity contribution in [2.75, 3.05) is 10.6 Å². The number of nitro benzene ring substituents is 1. The molecule has 0 unspecified atom stereocenters. The molecule has 0 aliphatic rings. The summed E-state index contributed by atoms with van der Waals surface area (Å²) in [5, 5.41) is 15.6. The summed E-state index contributed by atoms with van der Waals surface area (Å²) < 4.78 is 4.86. The zero-order valence-corrected chi connectivity index (χ0v) is 11.3. The van der Waals surface area contributed by atoms with Crippen LogP contribution in [0.3, 0.4) is 0 Å². The second kappa shape index (κ2) is 6.50. The van der Waals surface area contributed by atoms with Gasteiger partial charge in [-0.15, -0.1) is 0 Å². The number of carbonyl (C=O) groups excluding carboxylic acids is 2. The minimum Gasteiger partial charge on any atom is -0.447 e. The van der Waals surface area contributed by atoms with Crippen LogP contribution in [0.2, 0.25) is 0 Å². The first-order valence-corrected chi connectivity index (χ1v) is 5.83. The predicted molar refractivity (Wildman–Crippen MR) is 72.6 cm³/mol.